The minimum Gasteiger partial charge on any atom is -0.314 e. The summed E-state index contributed by atoms with van der Waals surface area (Å²) in [5.74, 6) is -0.394. The summed E-state index contributed by atoms with van der Waals surface area (Å²) in [6, 6.07) is 1.12. The quantitative estimate of drug-likeness (QED) is 0.706. The van der Waals surface area contributed by atoms with Gasteiger partial charge in [-0.25, -0.2) is 9.18 Å². The second kappa shape index (κ2) is 10.3. The Labute approximate surface area is 155 Å². The van der Waals surface area contributed by atoms with Crippen molar-refractivity contribution in [2.45, 2.75) is 46.7 Å². The first-order valence-electron chi connectivity index (χ1n) is 8.84. The van der Waals surface area contributed by atoms with Gasteiger partial charge in [0.1, 0.15) is 5.82 Å². The molecule has 1 aliphatic heterocycles. The molecule has 0 radical (unpaired) electrons. The van der Waals surface area contributed by atoms with Gasteiger partial charge in [-0.15, -0.1) is 0 Å². The van der Waals surface area contributed by atoms with Crippen molar-refractivity contribution >= 4 is 6.03 Å². The van der Waals surface area contributed by atoms with Crippen LogP contribution in [0.3, 0.4) is 0 Å². The van der Waals surface area contributed by atoms with Crippen LogP contribution in [0.2, 0.25) is 0 Å². The Balaban J connectivity index is 0.00000163. The minimum absolute atomic E-state index is 0.291. The fourth-order valence-electron chi connectivity index (χ4n) is 2.41. The van der Waals surface area contributed by atoms with Gasteiger partial charge in [-0.05, 0) is 35.3 Å². The van der Waals surface area contributed by atoms with E-state index in [-0.39, 0.29) is 6.03 Å². The number of halogens is 1. The molecule has 5 heteroatoms. The van der Waals surface area contributed by atoms with E-state index in [1.54, 1.807) is 17.1 Å². The SMILES string of the molecule is C=C(/C=C\C(=C)C(=C)CCC)NC(=O)N1Cc2cc(F)cnc2C1.CC. The summed E-state index contributed by atoms with van der Waals surface area (Å²) in [6.45, 7) is 18.5. The van der Waals surface area contributed by atoms with Gasteiger partial charge in [0.05, 0.1) is 18.4 Å². The number of nitrogens with zero attached hydrogens (tertiary/aromatic N) is 2. The zero-order chi connectivity index (χ0) is 19.7. The molecule has 1 aromatic heterocycles. The molecule has 0 bridgehead atoms. The molecule has 140 valence electrons. The summed E-state index contributed by atoms with van der Waals surface area (Å²) in [5.41, 5.74) is 3.70. The lowest BCUT2D eigenvalue weighted by molar-refractivity contribution is 0.201. The minimum atomic E-state index is -0.394. The predicted molar refractivity (Wildman–Crippen MR) is 105 cm³/mol. The van der Waals surface area contributed by atoms with E-state index in [1.807, 2.05) is 13.8 Å². The van der Waals surface area contributed by atoms with E-state index in [9.17, 15) is 9.18 Å². The number of pyridine rings is 1. The first kappa shape index (κ1) is 21.4. The van der Waals surface area contributed by atoms with Crippen LogP contribution in [0.5, 0.6) is 0 Å². The number of amides is 2. The van der Waals surface area contributed by atoms with Crippen LogP contribution >= 0.6 is 0 Å². The standard InChI is InChI=1S/C19H22FN3O.C2H6/c1-5-6-13(2)14(3)7-8-15(4)22-19(24)23-11-16-9-17(20)10-21-18(16)12-23;1-2/h7-10H,2-6,11-12H2,1H3,(H,22,24);1-2H3/b8-7-;. The molecule has 0 atom stereocenters. The zero-order valence-corrected chi connectivity index (χ0v) is 15.9. The lowest BCUT2D eigenvalue weighted by atomic mass is 10.0. The van der Waals surface area contributed by atoms with Crippen LogP contribution in [0.25, 0.3) is 0 Å². The van der Waals surface area contributed by atoms with Gasteiger partial charge in [0.15, 0.2) is 0 Å². The number of aromatic nitrogens is 1. The fraction of sp³-hybridized carbons (Fsp3) is 0.333. The van der Waals surface area contributed by atoms with Gasteiger partial charge in [-0.2, -0.15) is 0 Å². The molecule has 4 nitrogen and oxygen atoms in total. The van der Waals surface area contributed by atoms with Crippen LogP contribution in [0.4, 0.5) is 9.18 Å². The molecule has 2 heterocycles. The Hall–Kier alpha value is -2.69. The normalized spacial score (nSPS) is 12.2. The van der Waals surface area contributed by atoms with Crippen LogP contribution in [-0.2, 0) is 13.1 Å². The third kappa shape index (κ3) is 5.99. The first-order valence-corrected chi connectivity index (χ1v) is 8.84. The van der Waals surface area contributed by atoms with E-state index in [4.69, 9.17) is 0 Å². The van der Waals surface area contributed by atoms with E-state index in [1.165, 1.54) is 6.07 Å². The number of nitrogens with one attached hydrogen (secondary N) is 1. The molecular formula is C21H28FN3O. The molecule has 0 aliphatic carbocycles. The van der Waals surface area contributed by atoms with Crippen molar-refractivity contribution in [3.05, 3.63) is 78.1 Å². The maximum Gasteiger partial charge on any atom is 0.322 e. The maximum absolute atomic E-state index is 13.2. The molecule has 2 amide bonds. The summed E-state index contributed by atoms with van der Waals surface area (Å²) < 4.78 is 13.2. The van der Waals surface area contributed by atoms with Crippen molar-refractivity contribution in [2.24, 2.45) is 0 Å². The molecule has 26 heavy (non-hydrogen) atoms. The van der Waals surface area contributed by atoms with E-state index in [0.717, 1.165) is 41.4 Å². The molecule has 1 N–H and O–H groups in total. The number of allylic oxidation sites excluding steroid dienone is 4. The highest BCUT2D eigenvalue weighted by Crippen LogP contribution is 2.21. The third-order valence-corrected chi connectivity index (χ3v) is 3.77. The number of carbonyl (C=O) groups excluding carboxylic acids is 1. The molecule has 0 saturated heterocycles. The predicted octanol–water partition coefficient (Wildman–Crippen LogP) is 5.25. The zero-order valence-electron chi connectivity index (χ0n) is 15.9. The Kier molecular flexibility index (Phi) is 8.49. The van der Waals surface area contributed by atoms with Crippen molar-refractivity contribution in [2.75, 3.05) is 0 Å². The van der Waals surface area contributed by atoms with Crippen LogP contribution in [-0.4, -0.2) is 15.9 Å². The number of fused-ring (bicyclic) bond motifs is 1. The monoisotopic (exact) mass is 357 g/mol. The third-order valence-electron chi connectivity index (χ3n) is 3.77. The van der Waals surface area contributed by atoms with Gasteiger partial charge in [-0.1, -0.05) is 53.0 Å². The second-order valence-electron chi connectivity index (χ2n) is 5.78. The Bertz CT molecular complexity index is 722. The molecule has 0 saturated carbocycles. The second-order valence-corrected chi connectivity index (χ2v) is 5.78. The first-order chi connectivity index (χ1) is 12.4. The van der Waals surface area contributed by atoms with Crippen molar-refractivity contribution in [3.63, 3.8) is 0 Å². The summed E-state index contributed by atoms with van der Waals surface area (Å²) in [4.78, 5) is 17.8. The molecule has 0 aromatic carbocycles. The van der Waals surface area contributed by atoms with Gasteiger partial charge < -0.3 is 10.2 Å². The largest absolute Gasteiger partial charge is 0.322 e. The Morgan fingerprint density at radius 2 is 2.00 bits per heavy atom. The van der Waals surface area contributed by atoms with Crippen molar-refractivity contribution in [1.29, 1.82) is 0 Å². The van der Waals surface area contributed by atoms with E-state index in [2.05, 4.69) is 37.0 Å². The van der Waals surface area contributed by atoms with Crippen molar-refractivity contribution in [1.82, 2.24) is 15.2 Å². The van der Waals surface area contributed by atoms with Gasteiger partial charge in [0, 0.05) is 12.2 Å². The van der Waals surface area contributed by atoms with E-state index < -0.39 is 5.82 Å². The van der Waals surface area contributed by atoms with E-state index >= 15 is 0 Å². The van der Waals surface area contributed by atoms with Crippen LogP contribution in [0.15, 0.2) is 61.0 Å². The molecule has 0 spiro atoms. The van der Waals surface area contributed by atoms with Crippen LogP contribution in [0.1, 0.15) is 44.9 Å². The highest BCUT2D eigenvalue weighted by molar-refractivity contribution is 5.77. The number of hydrogen-bond acceptors (Lipinski definition) is 2. The summed E-state index contributed by atoms with van der Waals surface area (Å²) >= 11 is 0. The van der Waals surface area contributed by atoms with Crippen molar-refractivity contribution in [3.8, 4) is 0 Å². The number of carbonyl (C=O) groups is 1. The average molecular weight is 357 g/mol. The Morgan fingerprint density at radius 1 is 1.31 bits per heavy atom. The lowest BCUT2D eigenvalue weighted by Crippen LogP contribution is -2.35. The molecule has 1 aliphatic rings. The highest BCUT2D eigenvalue weighted by atomic mass is 19.1. The van der Waals surface area contributed by atoms with Crippen molar-refractivity contribution < 1.29 is 9.18 Å². The van der Waals surface area contributed by atoms with Gasteiger partial charge in [0.2, 0.25) is 0 Å². The summed E-state index contributed by atoms with van der Waals surface area (Å²) in [6.07, 6.45) is 6.54. The lowest BCUT2D eigenvalue weighted by Gasteiger charge is -2.16. The van der Waals surface area contributed by atoms with E-state index in [0.29, 0.717) is 18.8 Å². The number of rotatable bonds is 6. The van der Waals surface area contributed by atoms with Crippen LogP contribution < -0.4 is 5.32 Å². The van der Waals surface area contributed by atoms with Gasteiger partial charge in [0.25, 0.3) is 0 Å². The van der Waals surface area contributed by atoms with Gasteiger partial charge in [-0.3, -0.25) is 4.98 Å². The van der Waals surface area contributed by atoms with Crippen LogP contribution in [0, 0.1) is 5.82 Å². The summed E-state index contributed by atoms with van der Waals surface area (Å²) in [7, 11) is 0. The molecule has 0 fully saturated rings. The highest BCUT2D eigenvalue weighted by Gasteiger charge is 2.24. The molecular weight excluding hydrogens is 329 g/mol. The maximum atomic E-state index is 13.2. The summed E-state index contributed by atoms with van der Waals surface area (Å²) in [5, 5.41) is 2.71. The fourth-order valence-corrected chi connectivity index (χ4v) is 2.41. The number of urea groups is 1. The smallest absolute Gasteiger partial charge is 0.314 e. The Morgan fingerprint density at radius 3 is 2.65 bits per heavy atom. The average Bonchev–Trinajstić information content (AvgIpc) is 3.04. The molecule has 0 unspecified atom stereocenters. The molecule has 2 rings (SSSR count). The topological polar surface area (TPSA) is 45.2 Å². The number of hydrogen-bond donors (Lipinski definition) is 1. The molecule has 1 aromatic rings. The van der Waals surface area contributed by atoms with Gasteiger partial charge >= 0.3 is 6.03 Å².